The Labute approximate surface area is 227 Å². The average molecular weight is 524 g/mol. The average Bonchev–Trinajstić information content (AvgIpc) is 3.68. The lowest BCUT2D eigenvalue weighted by Crippen LogP contribution is -2.16. The van der Waals surface area contributed by atoms with Crippen molar-refractivity contribution >= 4 is 33.7 Å². The number of amides is 1. The molecule has 200 valence electrons. The number of esters is 1. The first kappa shape index (κ1) is 24.4. The number of hydroxylamine groups is 2. The molecule has 0 spiro atoms. The van der Waals surface area contributed by atoms with Crippen molar-refractivity contribution < 1.29 is 19.2 Å². The van der Waals surface area contributed by atoms with Crippen molar-refractivity contribution in [1.29, 1.82) is 0 Å². The standard InChI is InChI=1S/C32H33N3O4/c1-4-21-16-27(34(3)39-21)20-10-11-26-23(15-20)29-25-17-33-32(37)30(25)28-22-9-6-5-8-19(22)14-24(28)31(29)35(26)12-7-13-38-18(2)36/h5-6,8-11,15,21,27H,4,7,12-14,16-17H2,1-3H3,(H,33,37). The number of rotatable bonds is 6. The van der Waals surface area contributed by atoms with Crippen molar-refractivity contribution in [2.45, 2.75) is 64.8 Å². The highest BCUT2D eigenvalue weighted by molar-refractivity contribution is 6.20. The molecule has 2 unspecified atom stereocenters. The molecule has 7 nitrogen and oxygen atoms in total. The van der Waals surface area contributed by atoms with Crippen molar-refractivity contribution in [3.05, 3.63) is 70.3 Å². The van der Waals surface area contributed by atoms with Crippen LogP contribution in [0.5, 0.6) is 0 Å². The summed E-state index contributed by atoms with van der Waals surface area (Å²) in [5.41, 5.74) is 10.2. The van der Waals surface area contributed by atoms with Gasteiger partial charge in [0.05, 0.1) is 29.8 Å². The molecule has 0 bridgehead atoms. The third-order valence-electron chi connectivity index (χ3n) is 8.75. The van der Waals surface area contributed by atoms with Crippen LogP contribution in [0.3, 0.4) is 0 Å². The van der Waals surface area contributed by atoms with Gasteiger partial charge in [0, 0.05) is 55.3 Å². The molecular formula is C32H33N3O4. The smallest absolute Gasteiger partial charge is 0.302 e. The maximum atomic E-state index is 13.3. The van der Waals surface area contributed by atoms with E-state index in [1.165, 1.54) is 39.9 Å². The van der Waals surface area contributed by atoms with Crippen LogP contribution in [-0.2, 0) is 33.9 Å². The summed E-state index contributed by atoms with van der Waals surface area (Å²) < 4.78 is 7.69. The molecular weight excluding hydrogens is 490 g/mol. The van der Waals surface area contributed by atoms with Gasteiger partial charge in [0.25, 0.3) is 5.91 Å². The summed E-state index contributed by atoms with van der Waals surface area (Å²) >= 11 is 0. The van der Waals surface area contributed by atoms with Crippen LogP contribution in [0.2, 0.25) is 0 Å². The summed E-state index contributed by atoms with van der Waals surface area (Å²) in [6, 6.07) is 15.4. The van der Waals surface area contributed by atoms with E-state index in [4.69, 9.17) is 9.57 Å². The van der Waals surface area contributed by atoms with Crippen LogP contribution in [0, 0.1) is 0 Å². The SMILES string of the molecule is CCC1CC(c2ccc3c(c2)c2c4c(c5c(c2n3CCCOC(C)=O)Cc2ccccc2-5)C(=O)NC4)N(C)O1. The fraction of sp³-hybridized carbons (Fsp3) is 0.375. The molecule has 3 aromatic carbocycles. The lowest BCUT2D eigenvalue weighted by atomic mass is 9.91. The summed E-state index contributed by atoms with van der Waals surface area (Å²) in [6.45, 7) is 5.25. The van der Waals surface area contributed by atoms with Gasteiger partial charge < -0.3 is 14.6 Å². The summed E-state index contributed by atoms with van der Waals surface area (Å²) in [7, 11) is 2.02. The number of hydrogen-bond donors (Lipinski definition) is 1. The normalized spacial score (nSPS) is 19.9. The summed E-state index contributed by atoms with van der Waals surface area (Å²) in [5, 5.41) is 7.48. The van der Waals surface area contributed by atoms with Crippen LogP contribution in [-0.4, -0.2) is 41.3 Å². The van der Waals surface area contributed by atoms with Crippen molar-refractivity contribution in [2.75, 3.05) is 13.7 Å². The van der Waals surface area contributed by atoms with Gasteiger partial charge in [-0.3, -0.25) is 14.4 Å². The molecule has 1 saturated heterocycles. The first-order chi connectivity index (χ1) is 19.0. The van der Waals surface area contributed by atoms with E-state index in [-0.39, 0.29) is 24.0 Å². The molecule has 0 saturated carbocycles. The largest absolute Gasteiger partial charge is 0.466 e. The van der Waals surface area contributed by atoms with Gasteiger partial charge in [0.2, 0.25) is 0 Å². The van der Waals surface area contributed by atoms with E-state index in [9.17, 15) is 9.59 Å². The topological polar surface area (TPSA) is 72.8 Å². The fourth-order valence-electron chi connectivity index (χ4n) is 7.01. The van der Waals surface area contributed by atoms with Gasteiger partial charge in [-0.15, -0.1) is 0 Å². The first-order valence-corrected chi connectivity index (χ1v) is 14.0. The third-order valence-corrected chi connectivity index (χ3v) is 8.75. The second-order valence-corrected chi connectivity index (χ2v) is 11.0. The number of carbonyl (C=O) groups excluding carboxylic acids is 2. The number of fused-ring (bicyclic) bond motifs is 10. The number of nitrogens with one attached hydrogen (secondary N) is 1. The van der Waals surface area contributed by atoms with E-state index in [2.05, 4.69) is 59.3 Å². The Morgan fingerprint density at radius 2 is 2.00 bits per heavy atom. The predicted octanol–water partition coefficient (Wildman–Crippen LogP) is 5.65. The van der Waals surface area contributed by atoms with E-state index in [0.29, 0.717) is 19.6 Å². The molecule has 2 aliphatic heterocycles. The first-order valence-electron chi connectivity index (χ1n) is 14.0. The van der Waals surface area contributed by atoms with Crippen LogP contribution >= 0.6 is 0 Å². The number of nitrogens with zero attached hydrogens (tertiary/aromatic N) is 2. The number of carbonyl (C=O) groups is 2. The molecule has 0 radical (unpaired) electrons. The lowest BCUT2D eigenvalue weighted by molar-refractivity contribution is -0.144. The highest BCUT2D eigenvalue weighted by atomic mass is 16.7. The van der Waals surface area contributed by atoms with E-state index >= 15 is 0 Å². The number of aromatic nitrogens is 1. The van der Waals surface area contributed by atoms with Crippen LogP contribution < -0.4 is 5.32 Å². The number of benzene rings is 3. The lowest BCUT2D eigenvalue weighted by Gasteiger charge is -2.18. The minimum Gasteiger partial charge on any atom is -0.466 e. The van der Waals surface area contributed by atoms with Gasteiger partial charge in [-0.2, -0.15) is 5.06 Å². The second kappa shape index (κ2) is 9.21. The molecule has 1 amide bonds. The van der Waals surface area contributed by atoms with E-state index in [1.807, 2.05) is 12.1 Å². The van der Waals surface area contributed by atoms with Crippen molar-refractivity contribution in [1.82, 2.24) is 14.9 Å². The Bertz CT molecular complexity index is 1670. The monoisotopic (exact) mass is 523 g/mol. The van der Waals surface area contributed by atoms with Crippen LogP contribution in [0.1, 0.15) is 71.8 Å². The quantitative estimate of drug-likeness (QED) is 0.230. The maximum Gasteiger partial charge on any atom is 0.302 e. The zero-order chi connectivity index (χ0) is 26.8. The molecule has 39 heavy (non-hydrogen) atoms. The molecule has 2 atom stereocenters. The Kier molecular flexibility index (Phi) is 5.75. The highest BCUT2D eigenvalue weighted by Gasteiger charge is 2.36. The minimum absolute atomic E-state index is 0.0153. The Hall–Kier alpha value is -3.68. The van der Waals surface area contributed by atoms with Gasteiger partial charge in [-0.05, 0) is 59.2 Å². The molecule has 1 aliphatic carbocycles. The highest BCUT2D eigenvalue weighted by Crippen LogP contribution is 2.49. The Balaban J connectivity index is 1.48. The van der Waals surface area contributed by atoms with Crippen molar-refractivity contribution in [3.8, 4) is 11.1 Å². The zero-order valence-corrected chi connectivity index (χ0v) is 22.7. The van der Waals surface area contributed by atoms with Gasteiger partial charge >= 0.3 is 5.97 Å². The van der Waals surface area contributed by atoms with Crippen molar-refractivity contribution in [2.24, 2.45) is 0 Å². The van der Waals surface area contributed by atoms with Gasteiger partial charge in [-0.25, -0.2) is 0 Å². The molecule has 7 heteroatoms. The third kappa shape index (κ3) is 3.71. The van der Waals surface area contributed by atoms with Gasteiger partial charge in [0.1, 0.15) is 0 Å². The van der Waals surface area contributed by atoms with Crippen LogP contribution in [0.4, 0.5) is 0 Å². The molecule has 1 N–H and O–H groups in total. The van der Waals surface area contributed by atoms with Crippen LogP contribution in [0.25, 0.3) is 32.9 Å². The van der Waals surface area contributed by atoms with E-state index in [1.54, 1.807) is 0 Å². The molecule has 3 aliphatic rings. The second-order valence-electron chi connectivity index (χ2n) is 11.0. The summed E-state index contributed by atoms with van der Waals surface area (Å²) in [4.78, 5) is 30.8. The summed E-state index contributed by atoms with van der Waals surface area (Å²) in [5.74, 6) is -0.240. The molecule has 4 aromatic rings. The molecule has 1 fully saturated rings. The molecule has 1 aromatic heterocycles. The van der Waals surface area contributed by atoms with E-state index < -0.39 is 0 Å². The minimum atomic E-state index is -0.256. The van der Waals surface area contributed by atoms with Crippen LogP contribution in [0.15, 0.2) is 42.5 Å². The van der Waals surface area contributed by atoms with E-state index in [0.717, 1.165) is 53.6 Å². The summed E-state index contributed by atoms with van der Waals surface area (Å²) in [6.07, 6.45) is 3.69. The van der Waals surface area contributed by atoms with Gasteiger partial charge in [0.15, 0.2) is 0 Å². The van der Waals surface area contributed by atoms with Gasteiger partial charge in [-0.1, -0.05) is 37.3 Å². The number of aryl methyl sites for hydroxylation is 1. The van der Waals surface area contributed by atoms with Crippen molar-refractivity contribution in [3.63, 3.8) is 0 Å². The zero-order valence-electron chi connectivity index (χ0n) is 22.7. The molecule has 3 heterocycles. The number of ether oxygens (including phenoxy) is 1. The Morgan fingerprint density at radius 1 is 1.15 bits per heavy atom. The number of hydrogen-bond acceptors (Lipinski definition) is 5. The molecule has 7 rings (SSSR count). The maximum absolute atomic E-state index is 13.3. The predicted molar refractivity (Wildman–Crippen MR) is 150 cm³/mol. The fourth-order valence-corrected chi connectivity index (χ4v) is 7.01. The Morgan fingerprint density at radius 3 is 2.79 bits per heavy atom.